The van der Waals surface area contributed by atoms with Crippen LogP contribution in [0.25, 0.3) is 0 Å². The highest BCUT2D eigenvalue weighted by atomic mass is 16.3. The summed E-state index contributed by atoms with van der Waals surface area (Å²) in [6.45, 7) is 15.6. The van der Waals surface area contributed by atoms with Crippen molar-refractivity contribution in [2.75, 3.05) is 26.7 Å². The van der Waals surface area contributed by atoms with Crippen molar-refractivity contribution in [2.45, 2.75) is 53.2 Å². The second-order valence-electron chi connectivity index (χ2n) is 6.81. The normalized spacial score (nSPS) is 15.6. The lowest BCUT2D eigenvalue weighted by atomic mass is 9.91. The summed E-state index contributed by atoms with van der Waals surface area (Å²) in [5, 5.41) is 12.9. The number of likely N-dealkylation sites (N-methyl/N-ethyl adjacent to an activating group) is 1. The van der Waals surface area contributed by atoms with E-state index < -0.39 is 0 Å². The van der Waals surface area contributed by atoms with Gasteiger partial charge in [-0.15, -0.1) is 0 Å². The van der Waals surface area contributed by atoms with Crippen LogP contribution in [0, 0.1) is 5.41 Å². The molecule has 98 valence electrons. The molecule has 0 amide bonds. The Balaban J connectivity index is 4.03. The van der Waals surface area contributed by atoms with Crippen LogP contribution in [-0.2, 0) is 0 Å². The Morgan fingerprint density at radius 1 is 1.19 bits per heavy atom. The molecule has 3 nitrogen and oxygen atoms in total. The zero-order chi connectivity index (χ0) is 13.0. The van der Waals surface area contributed by atoms with Crippen molar-refractivity contribution >= 4 is 0 Å². The van der Waals surface area contributed by atoms with E-state index in [-0.39, 0.29) is 17.1 Å². The molecule has 0 aromatic heterocycles. The molecule has 0 bridgehead atoms. The van der Waals surface area contributed by atoms with Crippen LogP contribution >= 0.6 is 0 Å². The second-order valence-corrected chi connectivity index (χ2v) is 6.81. The van der Waals surface area contributed by atoms with Gasteiger partial charge in [-0.05, 0) is 40.2 Å². The summed E-state index contributed by atoms with van der Waals surface area (Å²) >= 11 is 0. The molecule has 0 radical (unpaired) electrons. The van der Waals surface area contributed by atoms with Crippen LogP contribution in [0.15, 0.2) is 0 Å². The maximum atomic E-state index is 9.32. The molecule has 0 heterocycles. The summed E-state index contributed by atoms with van der Waals surface area (Å²) in [5.74, 6) is 0. The van der Waals surface area contributed by atoms with E-state index in [0.29, 0.717) is 0 Å². The van der Waals surface area contributed by atoms with E-state index in [9.17, 15) is 5.11 Å². The van der Waals surface area contributed by atoms with Gasteiger partial charge in [0.1, 0.15) is 0 Å². The summed E-state index contributed by atoms with van der Waals surface area (Å²) in [7, 11) is 2.06. The minimum atomic E-state index is -0.253. The molecule has 0 rings (SSSR count). The van der Waals surface area contributed by atoms with Crippen molar-refractivity contribution in [1.29, 1.82) is 0 Å². The molecular formula is C13H30N2O. The SMILES string of the molecule is CC(O)CN(C)CC(C)(C)CNC(C)(C)C. The number of nitrogens with one attached hydrogen (secondary N) is 1. The Kier molecular flexibility index (Phi) is 5.94. The van der Waals surface area contributed by atoms with Gasteiger partial charge in [-0.2, -0.15) is 0 Å². The van der Waals surface area contributed by atoms with E-state index in [0.717, 1.165) is 19.6 Å². The van der Waals surface area contributed by atoms with Crippen molar-refractivity contribution in [3.8, 4) is 0 Å². The van der Waals surface area contributed by atoms with Gasteiger partial charge >= 0.3 is 0 Å². The van der Waals surface area contributed by atoms with Crippen LogP contribution in [0.5, 0.6) is 0 Å². The predicted molar refractivity (Wildman–Crippen MR) is 70.7 cm³/mol. The first-order valence-corrected chi connectivity index (χ1v) is 6.13. The Hall–Kier alpha value is -0.120. The van der Waals surface area contributed by atoms with Gasteiger partial charge < -0.3 is 15.3 Å². The van der Waals surface area contributed by atoms with E-state index in [1.807, 2.05) is 6.92 Å². The maximum absolute atomic E-state index is 9.32. The van der Waals surface area contributed by atoms with Crippen LogP contribution < -0.4 is 5.32 Å². The van der Waals surface area contributed by atoms with E-state index >= 15 is 0 Å². The van der Waals surface area contributed by atoms with Gasteiger partial charge in [-0.1, -0.05) is 13.8 Å². The first-order valence-electron chi connectivity index (χ1n) is 6.13. The molecule has 0 fully saturated rings. The van der Waals surface area contributed by atoms with Crippen LogP contribution in [-0.4, -0.2) is 48.3 Å². The lowest BCUT2D eigenvalue weighted by Gasteiger charge is -2.34. The van der Waals surface area contributed by atoms with Crippen LogP contribution in [0.3, 0.4) is 0 Å². The minimum Gasteiger partial charge on any atom is -0.392 e. The zero-order valence-corrected chi connectivity index (χ0v) is 12.1. The molecule has 1 atom stereocenters. The average molecular weight is 230 g/mol. The predicted octanol–water partition coefficient (Wildman–Crippen LogP) is 1.71. The molecule has 16 heavy (non-hydrogen) atoms. The smallest absolute Gasteiger partial charge is 0.0638 e. The molecule has 2 N–H and O–H groups in total. The second kappa shape index (κ2) is 5.99. The Labute approximate surface area is 101 Å². The molecule has 0 aliphatic rings. The standard InChI is InChI=1S/C13H30N2O/c1-11(16)8-15(7)10-13(5,6)9-14-12(2,3)4/h11,14,16H,8-10H2,1-7H3. The Morgan fingerprint density at radius 3 is 2.06 bits per heavy atom. The molecule has 0 aliphatic heterocycles. The fraction of sp³-hybridized carbons (Fsp3) is 1.00. The van der Waals surface area contributed by atoms with Gasteiger partial charge in [0.25, 0.3) is 0 Å². The highest BCUT2D eigenvalue weighted by Gasteiger charge is 2.22. The molecule has 0 saturated carbocycles. The lowest BCUT2D eigenvalue weighted by molar-refractivity contribution is 0.113. The first kappa shape index (κ1) is 15.9. The third-order valence-electron chi connectivity index (χ3n) is 2.37. The topological polar surface area (TPSA) is 35.5 Å². The average Bonchev–Trinajstić information content (AvgIpc) is 1.96. The van der Waals surface area contributed by atoms with Crippen molar-refractivity contribution < 1.29 is 5.11 Å². The number of rotatable bonds is 6. The monoisotopic (exact) mass is 230 g/mol. The number of hydrogen-bond acceptors (Lipinski definition) is 3. The van der Waals surface area contributed by atoms with Gasteiger partial charge in [0.05, 0.1) is 6.10 Å². The highest BCUT2D eigenvalue weighted by Crippen LogP contribution is 2.16. The third-order valence-corrected chi connectivity index (χ3v) is 2.37. The summed E-state index contributed by atoms with van der Waals surface area (Å²) in [5.41, 5.74) is 0.386. The van der Waals surface area contributed by atoms with Gasteiger partial charge in [-0.3, -0.25) is 0 Å². The maximum Gasteiger partial charge on any atom is 0.0638 e. The number of aliphatic hydroxyl groups is 1. The van der Waals surface area contributed by atoms with E-state index in [4.69, 9.17) is 0 Å². The first-order chi connectivity index (χ1) is 7.02. The summed E-state index contributed by atoms with van der Waals surface area (Å²) in [4.78, 5) is 2.19. The summed E-state index contributed by atoms with van der Waals surface area (Å²) < 4.78 is 0. The zero-order valence-electron chi connectivity index (χ0n) is 12.1. The van der Waals surface area contributed by atoms with Crippen molar-refractivity contribution in [2.24, 2.45) is 5.41 Å². The van der Waals surface area contributed by atoms with Crippen LogP contribution in [0.1, 0.15) is 41.5 Å². The summed E-state index contributed by atoms with van der Waals surface area (Å²) in [6, 6.07) is 0. The fourth-order valence-corrected chi connectivity index (χ4v) is 1.81. The lowest BCUT2D eigenvalue weighted by Crippen LogP contribution is -2.46. The minimum absolute atomic E-state index is 0.167. The Morgan fingerprint density at radius 2 is 1.69 bits per heavy atom. The molecule has 3 heteroatoms. The van der Waals surface area contributed by atoms with Crippen molar-refractivity contribution in [3.63, 3.8) is 0 Å². The number of nitrogens with zero attached hydrogens (tertiary/aromatic N) is 1. The molecule has 0 aliphatic carbocycles. The molecule has 1 unspecified atom stereocenters. The fourth-order valence-electron chi connectivity index (χ4n) is 1.81. The number of aliphatic hydroxyl groups excluding tert-OH is 1. The molecule has 0 saturated heterocycles. The van der Waals surface area contributed by atoms with Gasteiger partial charge in [0.2, 0.25) is 0 Å². The molecule has 0 spiro atoms. The molecular weight excluding hydrogens is 200 g/mol. The molecule has 0 aromatic rings. The molecule has 0 aromatic carbocycles. The van der Waals surface area contributed by atoms with Gasteiger partial charge in [0, 0.05) is 25.2 Å². The van der Waals surface area contributed by atoms with Crippen molar-refractivity contribution in [3.05, 3.63) is 0 Å². The third kappa shape index (κ3) is 9.13. The number of hydrogen-bond donors (Lipinski definition) is 2. The summed E-state index contributed by atoms with van der Waals surface area (Å²) in [6.07, 6.45) is -0.253. The Bertz CT molecular complexity index is 195. The van der Waals surface area contributed by atoms with E-state index in [1.165, 1.54) is 0 Å². The van der Waals surface area contributed by atoms with Gasteiger partial charge in [-0.25, -0.2) is 0 Å². The van der Waals surface area contributed by atoms with Crippen molar-refractivity contribution in [1.82, 2.24) is 10.2 Å². The van der Waals surface area contributed by atoms with Crippen LogP contribution in [0.4, 0.5) is 0 Å². The van der Waals surface area contributed by atoms with E-state index in [2.05, 4.69) is 51.9 Å². The quantitative estimate of drug-likeness (QED) is 0.729. The largest absolute Gasteiger partial charge is 0.392 e. The highest BCUT2D eigenvalue weighted by molar-refractivity contribution is 4.80. The van der Waals surface area contributed by atoms with E-state index in [1.54, 1.807) is 0 Å². The van der Waals surface area contributed by atoms with Gasteiger partial charge in [0.15, 0.2) is 0 Å². The van der Waals surface area contributed by atoms with Crippen LogP contribution in [0.2, 0.25) is 0 Å².